The molecule has 2 aliphatic rings. The smallest absolute Gasteiger partial charge is 0.253 e. The van der Waals surface area contributed by atoms with E-state index in [2.05, 4.69) is 15.6 Å². The topological polar surface area (TPSA) is 74.3 Å². The van der Waals surface area contributed by atoms with Crippen LogP contribution in [0.15, 0.2) is 60.8 Å². The highest BCUT2D eigenvalue weighted by Gasteiger charge is 2.30. The van der Waals surface area contributed by atoms with Gasteiger partial charge < -0.3 is 15.5 Å². The maximum atomic E-state index is 12.9. The van der Waals surface area contributed by atoms with E-state index in [1.807, 2.05) is 65.7 Å². The Morgan fingerprint density at radius 2 is 1.60 bits per heavy atom. The van der Waals surface area contributed by atoms with Crippen LogP contribution in [0, 0.1) is 5.92 Å². The van der Waals surface area contributed by atoms with E-state index in [1.54, 1.807) is 0 Å². The minimum Gasteiger partial charge on any atom is -0.382 e. The van der Waals surface area contributed by atoms with Gasteiger partial charge >= 0.3 is 0 Å². The second kappa shape index (κ2) is 10.6. The maximum absolute atomic E-state index is 12.9. The highest BCUT2D eigenvalue weighted by atomic mass is 35.5. The van der Waals surface area contributed by atoms with Gasteiger partial charge in [-0.05, 0) is 74.9 Å². The summed E-state index contributed by atoms with van der Waals surface area (Å²) in [6, 6.07) is 17.8. The quantitative estimate of drug-likeness (QED) is 0.510. The predicted molar refractivity (Wildman–Crippen MR) is 140 cm³/mol. The lowest BCUT2D eigenvalue weighted by Crippen LogP contribution is -2.46. The van der Waals surface area contributed by atoms with Crippen molar-refractivity contribution in [2.24, 2.45) is 5.92 Å². The molecule has 2 aromatic carbocycles. The van der Waals surface area contributed by atoms with Crippen molar-refractivity contribution in [1.82, 2.24) is 15.2 Å². The molecule has 1 saturated carbocycles. The zero-order valence-corrected chi connectivity index (χ0v) is 20.5. The largest absolute Gasteiger partial charge is 0.382 e. The first-order valence-electron chi connectivity index (χ1n) is 12.5. The van der Waals surface area contributed by atoms with Gasteiger partial charge in [-0.3, -0.25) is 14.6 Å². The van der Waals surface area contributed by atoms with Gasteiger partial charge in [0.15, 0.2) is 0 Å². The summed E-state index contributed by atoms with van der Waals surface area (Å²) in [7, 11) is 0. The van der Waals surface area contributed by atoms with E-state index in [1.165, 1.54) is 0 Å². The Morgan fingerprint density at radius 3 is 2.34 bits per heavy atom. The molecule has 3 aromatic rings. The lowest BCUT2D eigenvalue weighted by atomic mass is 9.89. The third-order valence-corrected chi connectivity index (χ3v) is 7.55. The van der Waals surface area contributed by atoms with E-state index in [0.717, 1.165) is 55.1 Å². The molecule has 0 spiro atoms. The van der Waals surface area contributed by atoms with Crippen LogP contribution in [-0.2, 0) is 4.79 Å². The van der Waals surface area contributed by atoms with E-state index in [9.17, 15) is 9.59 Å². The van der Waals surface area contributed by atoms with Crippen LogP contribution in [0.3, 0.4) is 0 Å². The number of piperidine rings is 1. The fourth-order valence-electron chi connectivity index (χ4n) is 5.28. The second-order valence-corrected chi connectivity index (χ2v) is 10.1. The van der Waals surface area contributed by atoms with Gasteiger partial charge in [0.2, 0.25) is 5.91 Å². The first kappa shape index (κ1) is 23.6. The third kappa shape index (κ3) is 5.59. The summed E-state index contributed by atoms with van der Waals surface area (Å²) in [6.45, 7) is 1.27. The molecule has 6 nitrogen and oxygen atoms in total. The zero-order chi connectivity index (χ0) is 24.2. The van der Waals surface area contributed by atoms with Gasteiger partial charge in [0.05, 0.1) is 5.52 Å². The molecule has 7 heteroatoms. The average Bonchev–Trinajstić information content (AvgIpc) is 2.90. The highest BCUT2D eigenvalue weighted by Crippen LogP contribution is 2.28. The number of amides is 2. The van der Waals surface area contributed by atoms with E-state index in [0.29, 0.717) is 29.7 Å². The molecule has 2 heterocycles. The van der Waals surface area contributed by atoms with Crippen molar-refractivity contribution in [1.29, 1.82) is 0 Å². The standard InChI is InChI=1S/C28H31ClN4O2/c29-21-6-11-24-25(12-15-30-26(24)18-21)31-22-7-9-23(10-8-22)32-27(34)19-13-16-33(17-14-19)28(35)20-4-2-1-3-5-20/h1-6,11-12,15,18-19,22-23H,7-10,13-14,16-17H2,(H,30,31)(H,32,34)/t22-,23+. The number of hydrogen-bond donors (Lipinski definition) is 2. The van der Waals surface area contributed by atoms with Crippen LogP contribution in [0.2, 0.25) is 5.02 Å². The number of hydrogen-bond acceptors (Lipinski definition) is 4. The van der Waals surface area contributed by atoms with E-state index in [-0.39, 0.29) is 23.8 Å². The molecule has 0 unspecified atom stereocenters. The second-order valence-electron chi connectivity index (χ2n) is 9.65. The molecule has 1 aromatic heterocycles. The van der Waals surface area contributed by atoms with Crippen LogP contribution in [-0.4, -0.2) is 46.9 Å². The van der Waals surface area contributed by atoms with Crippen LogP contribution >= 0.6 is 11.6 Å². The Labute approximate surface area is 211 Å². The molecule has 2 fully saturated rings. The summed E-state index contributed by atoms with van der Waals surface area (Å²) in [5, 5.41) is 8.73. The molecule has 2 amide bonds. The summed E-state index contributed by atoms with van der Waals surface area (Å²) < 4.78 is 0. The van der Waals surface area contributed by atoms with Crippen molar-refractivity contribution < 1.29 is 9.59 Å². The van der Waals surface area contributed by atoms with Crippen LogP contribution in [0.1, 0.15) is 48.9 Å². The summed E-state index contributed by atoms with van der Waals surface area (Å²) in [4.78, 5) is 31.9. The summed E-state index contributed by atoms with van der Waals surface area (Å²) >= 11 is 6.11. The van der Waals surface area contributed by atoms with Gasteiger partial charge in [-0.15, -0.1) is 0 Å². The van der Waals surface area contributed by atoms with Gasteiger partial charge in [-0.2, -0.15) is 0 Å². The molecule has 0 atom stereocenters. The molecule has 1 aliphatic heterocycles. The van der Waals surface area contributed by atoms with Crippen molar-refractivity contribution >= 4 is 40.0 Å². The van der Waals surface area contributed by atoms with Crippen molar-refractivity contribution in [3.05, 3.63) is 71.4 Å². The molecule has 182 valence electrons. The van der Waals surface area contributed by atoms with E-state index in [4.69, 9.17) is 11.6 Å². The zero-order valence-electron chi connectivity index (χ0n) is 19.8. The van der Waals surface area contributed by atoms with E-state index >= 15 is 0 Å². The number of nitrogens with one attached hydrogen (secondary N) is 2. The van der Waals surface area contributed by atoms with Gasteiger partial charge in [0.1, 0.15) is 0 Å². The highest BCUT2D eigenvalue weighted by molar-refractivity contribution is 6.31. The molecular weight excluding hydrogens is 460 g/mol. The van der Waals surface area contributed by atoms with Crippen LogP contribution in [0.25, 0.3) is 10.9 Å². The Morgan fingerprint density at radius 1 is 0.886 bits per heavy atom. The van der Waals surface area contributed by atoms with Crippen molar-refractivity contribution in [3.63, 3.8) is 0 Å². The first-order chi connectivity index (χ1) is 17.1. The summed E-state index contributed by atoms with van der Waals surface area (Å²) in [6.07, 6.45) is 7.19. The number of fused-ring (bicyclic) bond motifs is 1. The molecule has 1 aliphatic carbocycles. The predicted octanol–water partition coefficient (Wildman–Crippen LogP) is 5.28. The monoisotopic (exact) mass is 490 g/mol. The average molecular weight is 491 g/mol. The molecular formula is C28H31ClN4O2. The fraction of sp³-hybridized carbons (Fsp3) is 0.393. The number of pyridine rings is 1. The lowest BCUT2D eigenvalue weighted by molar-refractivity contribution is -0.127. The first-order valence-corrected chi connectivity index (χ1v) is 12.9. The van der Waals surface area contributed by atoms with Crippen molar-refractivity contribution in [3.8, 4) is 0 Å². The third-order valence-electron chi connectivity index (χ3n) is 7.31. The minimum absolute atomic E-state index is 0.0133. The number of carbonyl (C=O) groups is 2. The SMILES string of the molecule is O=C(N[C@H]1CC[C@@H](Nc2ccnc3cc(Cl)ccc23)CC1)C1CCN(C(=O)c2ccccc2)CC1. The Kier molecular flexibility index (Phi) is 7.19. The Balaban J connectivity index is 1.08. The van der Waals surface area contributed by atoms with Gasteiger partial charge in [-0.1, -0.05) is 29.8 Å². The number of carbonyl (C=O) groups excluding carboxylic acids is 2. The normalized spacial score (nSPS) is 21.0. The Hall–Kier alpha value is -3.12. The summed E-state index contributed by atoms with van der Waals surface area (Å²) in [5.41, 5.74) is 2.68. The van der Waals surface area contributed by atoms with Gasteiger partial charge in [0.25, 0.3) is 5.91 Å². The van der Waals surface area contributed by atoms with Gasteiger partial charge in [0, 0.05) is 58.9 Å². The Bertz CT molecular complexity index is 1190. The number of halogens is 1. The molecule has 35 heavy (non-hydrogen) atoms. The molecule has 1 saturated heterocycles. The summed E-state index contributed by atoms with van der Waals surface area (Å²) in [5.74, 6) is 0.186. The number of benzene rings is 2. The van der Waals surface area contributed by atoms with Crippen molar-refractivity contribution in [2.75, 3.05) is 18.4 Å². The fourth-order valence-corrected chi connectivity index (χ4v) is 5.44. The lowest BCUT2D eigenvalue weighted by Gasteiger charge is -2.34. The molecule has 2 N–H and O–H groups in total. The molecule has 0 bridgehead atoms. The number of rotatable bonds is 5. The van der Waals surface area contributed by atoms with E-state index < -0.39 is 0 Å². The number of anilines is 1. The van der Waals surface area contributed by atoms with Crippen molar-refractivity contribution in [2.45, 2.75) is 50.6 Å². The minimum atomic E-state index is -0.0133. The number of aromatic nitrogens is 1. The molecule has 0 radical (unpaired) electrons. The number of likely N-dealkylation sites (tertiary alicyclic amines) is 1. The van der Waals surface area contributed by atoms with Crippen LogP contribution in [0.5, 0.6) is 0 Å². The number of nitrogens with zero attached hydrogens (tertiary/aromatic N) is 2. The molecule has 5 rings (SSSR count). The van der Waals surface area contributed by atoms with Crippen LogP contribution < -0.4 is 10.6 Å². The van der Waals surface area contributed by atoms with Gasteiger partial charge in [-0.25, -0.2) is 0 Å². The maximum Gasteiger partial charge on any atom is 0.253 e. The van der Waals surface area contributed by atoms with Crippen LogP contribution in [0.4, 0.5) is 5.69 Å².